The van der Waals surface area contributed by atoms with E-state index in [-0.39, 0.29) is 29.3 Å². The maximum atomic E-state index is 12.9. The Morgan fingerprint density at radius 3 is 2.48 bits per heavy atom. The molecular formula is C20H23BrN2O3S. The van der Waals surface area contributed by atoms with Crippen LogP contribution in [0, 0.1) is 5.92 Å². The summed E-state index contributed by atoms with van der Waals surface area (Å²) in [6.45, 7) is 2.59. The number of hydrogen-bond donors (Lipinski definition) is 1. The summed E-state index contributed by atoms with van der Waals surface area (Å²) in [4.78, 5) is 13.0. The number of halogens is 1. The Balaban J connectivity index is 1.68. The van der Waals surface area contributed by atoms with Gasteiger partial charge in [-0.2, -0.15) is 4.31 Å². The minimum Gasteiger partial charge on any atom is -0.349 e. The third kappa shape index (κ3) is 4.78. The van der Waals surface area contributed by atoms with Crippen LogP contribution in [0.25, 0.3) is 0 Å². The molecular weight excluding hydrogens is 428 g/mol. The molecule has 3 rings (SSSR count). The van der Waals surface area contributed by atoms with Gasteiger partial charge in [0.1, 0.15) is 0 Å². The molecule has 1 fully saturated rings. The molecule has 2 atom stereocenters. The number of hydrogen-bond acceptors (Lipinski definition) is 3. The Hall–Kier alpha value is -1.70. The van der Waals surface area contributed by atoms with Crippen molar-refractivity contribution in [1.29, 1.82) is 0 Å². The Morgan fingerprint density at radius 1 is 1.15 bits per heavy atom. The molecule has 5 nitrogen and oxygen atoms in total. The highest BCUT2D eigenvalue weighted by Crippen LogP contribution is 2.25. The summed E-state index contributed by atoms with van der Waals surface area (Å²) in [5.74, 6) is -0.433. The summed E-state index contributed by atoms with van der Waals surface area (Å²) in [6.07, 6.45) is 1.37. The lowest BCUT2D eigenvalue weighted by molar-refractivity contribution is -0.126. The van der Waals surface area contributed by atoms with Crippen molar-refractivity contribution in [2.45, 2.75) is 30.7 Å². The number of amides is 1. The van der Waals surface area contributed by atoms with Crippen LogP contribution in [-0.2, 0) is 14.8 Å². The van der Waals surface area contributed by atoms with Gasteiger partial charge in [0.05, 0.1) is 16.9 Å². The monoisotopic (exact) mass is 450 g/mol. The van der Waals surface area contributed by atoms with Crippen LogP contribution >= 0.6 is 15.9 Å². The molecule has 0 aliphatic carbocycles. The molecule has 0 unspecified atom stereocenters. The minimum absolute atomic E-state index is 0.0953. The topological polar surface area (TPSA) is 66.5 Å². The van der Waals surface area contributed by atoms with Crippen molar-refractivity contribution < 1.29 is 13.2 Å². The fourth-order valence-corrected chi connectivity index (χ4v) is 5.07. The summed E-state index contributed by atoms with van der Waals surface area (Å²) >= 11 is 3.32. The largest absolute Gasteiger partial charge is 0.349 e. The summed E-state index contributed by atoms with van der Waals surface area (Å²) in [7, 11) is -3.59. The molecule has 1 aliphatic heterocycles. The Labute approximate surface area is 169 Å². The lowest BCUT2D eigenvalue weighted by atomic mass is 9.98. The van der Waals surface area contributed by atoms with Crippen LogP contribution in [0.3, 0.4) is 0 Å². The van der Waals surface area contributed by atoms with E-state index in [1.807, 2.05) is 37.3 Å². The van der Waals surface area contributed by atoms with Gasteiger partial charge in [-0.15, -0.1) is 0 Å². The average Bonchev–Trinajstić information content (AvgIpc) is 2.69. The number of benzene rings is 2. The summed E-state index contributed by atoms with van der Waals surface area (Å²) in [6, 6.07) is 16.2. The molecule has 1 aliphatic rings. The van der Waals surface area contributed by atoms with Crippen LogP contribution in [0.15, 0.2) is 64.0 Å². The first-order valence-corrected chi connectivity index (χ1v) is 11.2. The summed E-state index contributed by atoms with van der Waals surface area (Å²) in [5.41, 5.74) is 1.03. The second kappa shape index (κ2) is 8.54. The Bertz CT molecular complexity index is 885. The fraction of sp³-hybridized carbons (Fsp3) is 0.350. The van der Waals surface area contributed by atoms with E-state index >= 15 is 0 Å². The second-order valence-electron chi connectivity index (χ2n) is 6.80. The number of rotatable bonds is 5. The molecule has 1 amide bonds. The first kappa shape index (κ1) is 20.0. The first-order chi connectivity index (χ1) is 12.9. The van der Waals surface area contributed by atoms with Gasteiger partial charge in [-0.1, -0.05) is 46.3 Å². The molecule has 0 saturated carbocycles. The predicted molar refractivity (Wildman–Crippen MR) is 109 cm³/mol. The van der Waals surface area contributed by atoms with E-state index in [0.29, 0.717) is 19.4 Å². The van der Waals surface area contributed by atoms with Crippen molar-refractivity contribution >= 4 is 31.9 Å². The van der Waals surface area contributed by atoms with Gasteiger partial charge in [-0.25, -0.2) is 8.42 Å². The molecule has 1 saturated heterocycles. The van der Waals surface area contributed by atoms with Crippen molar-refractivity contribution in [1.82, 2.24) is 9.62 Å². The number of nitrogens with one attached hydrogen (secondary N) is 1. The van der Waals surface area contributed by atoms with Crippen molar-refractivity contribution in [2.75, 3.05) is 13.1 Å². The third-order valence-corrected chi connectivity index (χ3v) is 7.27. The molecule has 7 heteroatoms. The quantitative estimate of drug-likeness (QED) is 0.754. The number of sulfonamides is 1. The van der Waals surface area contributed by atoms with Crippen molar-refractivity contribution in [3.8, 4) is 0 Å². The van der Waals surface area contributed by atoms with Gasteiger partial charge in [0.2, 0.25) is 15.9 Å². The van der Waals surface area contributed by atoms with Gasteiger partial charge in [0.25, 0.3) is 0 Å². The van der Waals surface area contributed by atoms with Gasteiger partial charge < -0.3 is 5.32 Å². The van der Waals surface area contributed by atoms with E-state index in [1.165, 1.54) is 4.31 Å². The number of carbonyl (C=O) groups is 1. The molecule has 27 heavy (non-hydrogen) atoms. The maximum Gasteiger partial charge on any atom is 0.243 e. The Morgan fingerprint density at radius 2 is 1.81 bits per heavy atom. The molecule has 0 bridgehead atoms. The van der Waals surface area contributed by atoms with Gasteiger partial charge in [-0.05, 0) is 49.6 Å². The smallest absolute Gasteiger partial charge is 0.243 e. The average molecular weight is 451 g/mol. The van der Waals surface area contributed by atoms with E-state index in [1.54, 1.807) is 24.3 Å². The number of piperidine rings is 1. The molecule has 2 aromatic carbocycles. The molecule has 144 valence electrons. The zero-order valence-electron chi connectivity index (χ0n) is 15.1. The number of carbonyl (C=O) groups excluding carboxylic acids is 1. The van der Waals surface area contributed by atoms with Crippen LogP contribution in [0.5, 0.6) is 0 Å². The zero-order chi connectivity index (χ0) is 19.4. The predicted octanol–water partition coefficient (Wildman–Crippen LogP) is 3.73. The van der Waals surface area contributed by atoms with E-state index < -0.39 is 10.0 Å². The van der Waals surface area contributed by atoms with Crippen LogP contribution < -0.4 is 5.32 Å². The molecule has 1 N–H and O–H groups in total. The molecule has 2 aromatic rings. The maximum absolute atomic E-state index is 12.9. The highest BCUT2D eigenvalue weighted by molar-refractivity contribution is 9.10. The first-order valence-electron chi connectivity index (χ1n) is 8.99. The molecule has 0 spiro atoms. The SMILES string of the molecule is C[C@H](NC(=O)[C@@H]1CCCN(S(=O)(=O)c2ccc(Br)cc2)C1)c1ccccc1. The van der Waals surface area contributed by atoms with Crippen molar-refractivity contribution in [2.24, 2.45) is 5.92 Å². The van der Waals surface area contributed by atoms with Crippen LogP contribution in [0.2, 0.25) is 0 Å². The Kier molecular flexibility index (Phi) is 6.34. The molecule has 1 heterocycles. The van der Waals surface area contributed by atoms with Gasteiger partial charge in [0, 0.05) is 17.6 Å². The van der Waals surface area contributed by atoms with Crippen LogP contribution in [0.1, 0.15) is 31.4 Å². The minimum atomic E-state index is -3.59. The van der Waals surface area contributed by atoms with E-state index in [9.17, 15) is 13.2 Å². The van der Waals surface area contributed by atoms with Gasteiger partial charge >= 0.3 is 0 Å². The van der Waals surface area contributed by atoms with Crippen molar-refractivity contribution in [3.05, 3.63) is 64.6 Å². The van der Waals surface area contributed by atoms with Crippen LogP contribution in [-0.4, -0.2) is 31.7 Å². The van der Waals surface area contributed by atoms with E-state index in [2.05, 4.69) is 21.2 Å². The standard InChI is InChI=1S/C20H23BrN2O3S/c1-15(16-6-3-2-4-7-16)22-20(24)17-8-5-13-23(14-17)27(25,26)19-11-9-18(21)10-12-19/h2-4,6-7,9-12,15,17H,5,8,13-14H2,1H3,(H,22,24)/t15-,17+/m0/s1. The summed E-state index contributed by atoms with van der Waals surface area (Å²) in [5, 5.41) is 3.02. The molecule has 0 aromatic heterocycles. The lowest BCUT2D eigenvalue weighted by Gasteiger charge is -2.32. The normalized spacial score (nSPS) is 19.4. The third-order valence-electron chi connectivity index (χ3n) is 4.86. The summed E-state index contributed by atoms with van der Waals surface area (Å²) < 4.78 is 28.0. The van der Waals surface area contributed by atoms with E-state index in [0.717, 1.165) is 10.0 Å². The lowest BCUT2D eigenvalue weighted by Crippen LogP contribution is -2.45. The zero-order valence-corrected chi connectivity index (χ0v) is 17.5. The van der Waals surface area contributed by atoms with Crippen molar-refractivity contribution in [3.63, 3.8) is 0 Å². The number of nitrogens with zero attached hydrogens (tertiary/aromatic N) is 1. The van der Waals surface area contributed by atoms with Crippen LogP contribution in [0.4, 0.5) is 0 Å². The van der Waals surface area contributed by atoms with Gasteiger partial charge in [-0.3, -0.25) is 4.79 Å². The van der Waals surface area contributed by atoms with E-state index in [4.69, 9.17) is 0 Å². The van der Waals surface area contributed by atoms with Gasteiger partial charge in [0.15, 0.2) is 0 Å². The second-order valence-corrected chi connectivity index (χ2v) is 9.65. The fourth-order valence-electron chi connectivity index (χ4n) is 3.29. The molecule has 0 radical (unpaired) electrons. The highest BCUT2D eigenvalue weighted by Gasteiger charge is 2.33. The highest BCUT2D eigenvalue weighted by atomic mass is 79.9.